The average Bonchev–Trinajstić information content (AvgIpc) is 3.05. The Hall–Kier alpha value is -3.19. The number of rotatable bonds is 4. The lowest BCUT2D eigenvalue weighted by Crippen LogP contribution is -2.49. The third-order valence-corrected chi connectivity index (χ3v) is 6.13. The van der Waals surface area contributed by atoms with E-state index in [2.05, 4.69) is 25.2 Å². The molecule has 1 aromatic carbocycles. The molecule has 0 saturated carbocycles. The number of anilines is 1. The van der Waals surface area contributed by atoms with Gasteiger partial charge in [-0.25, -0.2) is 0 Å². The molecule has 1 saturated heterocycles. The first kappa shape index (κ1) is 21.1. The first-order valence-corrected chi connectivity index (χ1v) is 10.6. The van der Waals surface area contributed by atoms with E-state index < -0.39 is 5.54 Å². The first-order chi connectivity index (χ1) is 15.0. The van der Waals surface area contributed by atoms with E-state index in [9.17, 15) is 4.79 Å². The van der Waals surface area contributed by atoms with Crippen LogP contribution < -0.4 is 16.0 Å². The maximum Gasteiger partial charge on any atom is 0.253 e. The summed E-state index contributed by atoms with van der Waals surface area (Å²) in [5, 5.41) is 3.43. The van der Waals surface area contributed by atoms with Crippen LogP contribution in [0.5, 0.6) is 0 Å². The SMILES string of the molecule is CN=CC(=CN)c1ccc(-c2cncc(Cl)c2N2CCC3(CC2)N=C(C)NC3=O)cc1. The van der Waals surface area contributed by atoms with Crippen LogP contribution in [-0.4, -0.2) is 48.6 Å². The molecule has 0 aliphatic carbocycles. The second-order valence-corrected chi connectivity index (χ2v) is 8.18. The van der Waals surface area contributed by atoms with Gasteiger partial charge in [-0.15, -0.1) is 0 Å². The Balaban J connectivity index is 1.63. The van der Waals surface area contributed by atoms with Crippen LogP contribution in [0.4, 0.5) is 5.69 Å². The van der Waals surface area contributed by atoms with Crippen molar-refractivity contribution in [2.75, 3.05) is 25.0 Å². The number of nitrogens with zero attached hydrogens (tertiary/aromatic N) is 4. The lowest BCUT2D eigenvalue weighted by atomic mass is 9.87. The number of aliphatic imine (C=N–C) groups is 2. The minimum atomic E-state index is -0.645. The van der Waals surface area contributed by atoms with Crippen molar-refractivity contribution >= 4 is 40.8 Å². The largest absolute Gasteiger partial charge is 0.404 e. The molecule has 4 rings (SSSR count). The predicted octanol–water partition coefficient (Wildman–Crippen LogP) is 3.29. The average molecular weight is 437 g/mol. The fourth-order valence-electron chi connectivity index (χ4n) is 4.28. The number of pyridine rings is 1. The highest BCUT2D eigenvalue weighted by Gasteiger charge is 2.45. The summed E-state index contributed by atoms with van der Waals surface area (Å²) in [6.07, 6.45) is 8.06. The number of piperidine rings is 1. The number of carbonyl (C=O) groups is 1. The zero-order valence-electron chi connectivity index (χ0n) is 17.6. The summed E-state index contributed by atoms with van der Waals surface area (Å²) in [6, 6.07) is 8.07. The fourth-order valence-corrected chi connectivity index (χ4v) is 4.55. The van der Waals surface area contributed by atoms with Gasteiger partial charge >= 0.3 is 0 Å². The first-order valence-electron chi connectivity index (χ1n) is 10.2. The molecular weight excluding hydrogens is 412 g/mol. The van der Waals surface area contributed by atoms with E-state index in [1.807, 2.05) is 37.4 Å². The number of nitrogens with one attached hydrogen (secondary N) is 1. The smallest absolute Gasteiger partial charge is 0.253 e. The van der Waals surface area contributed by atoms with Gasteiger partial charge in [-0.3, -0.25) is 19.8 Å². The highest BCUT2D eigenvalue weighted by Crippen LogP contribution is 2.40. The molecule has 2 aromatic rings. The van der Waals surface area contributed by atoms with E-state index in [0.29, 0.717) is 36.8 Å². The fraction of sp³-hybridized carbons (Fsp3) is 0.304. The minimum absolute atomic E-state index is 0.000619. The van der Waals surface area contributed by atoms with E-state index in [1.54, 1.807) is 25.7 Å². The van der Waals surface area contributed by atoms with E-state index in [1.165, 1.54) is 0 Å². The molecule has 31 heavy (non-hydrogen) atoms. The third kappa shape index (κ3) is 3.93. The number of nitrogens with two attached hydrogens (primary N) is 1. The molecule has 160 valence electrons. The van der Waals surface area contributed by atoms with Gasteiger partial charge in [0.25, 0.3) is 5.91 Å². The van der Waals surface area contributed by atoms with Crippen molar-refractivity contribution in [2.24, 2.45) is 15.7 Å². The highest BCUT2D eigenvalue weighted by atomic mass is 35.5. The van der Waals surface area contributed by atoms with Crippen molar-refractivity contribution in [3.63, 3.8) is 0 Å². The number of carbonyl (C=O) groups excluding carboxylic acids is 1. The summed E-state index contributed by atoms with van der Waals surface area (Å²) in [7, 11) is 1.71. The molecule has 1 fully saturated rings. The van der Waals surface area contributed by atoms with Gasteiger partial charge in [0.1, 0.15) is 11.4 Å². The molecular formula is C23H25ClN6O. The minimum Gasteiger partial charge on any atom is -0.404 e. The number of hydrogen-bond acceptors (Lipinski definition) is 6. The number of benzene rings is 1. The molecule has 7 nitrogen and oxygen atoms in total. The van der Waals surface area contributed by atoms with Crippen molar-refractivity contribution in [3.05, 3.63) is 53.4 Å². The number of hydrogen-bond donors (Lipinski definition) is 2. The van der Waals surface area contributed by atoms with Gasteiger partial charge in [-0.1, -0.05) is 35.9 Å². The van der Waals surface area contributed by atoms with Crippen molar-refractivity contribution in [1.29, 1.82) is 0 Å². The Kier molecular flexibility index (Phi) is 5.78. The molecule has 0 atom stereocenters. The molecule has 0 unspecified atom stereocenters. The molecule has 1 aromatic heterocycles. The summed E-state index contributed by atoms with van der Waals surface area (Å²) in [6.45, 7) is 3.20. The second kappa shape index (κ2) is 8.51. The summed E-state index contributed by atoms with van der Waals surface area (Å²) in [5.74, 6) is 0.695. The van der Waals surface area contributed by atoms with Gasteiger partial charge in [0, 0.05) is 56.1 Å². The van der Waals surface area contributed by atoms with E-state index in [0.717, 1.165) is 28.0 Å². The lowest BCUT2D eigenvalue weighted by molar-refractivity contribution is -0.124. The van der Waals surface area contributed by atoms with Crippen molar-refractivity contribution in [2.45, 2.75) is 25.3 Å². The van der Waals surface area contributed by atoms with E-state index in [-0.39, 0.29) is 5.91 Å². The summed E-state index contributed by atoms with van der Waals surface area (Å²) >= 11 is 6.61. The Bertz CT molecular complexity index is 1080. The molecule has 1 spiro atoms. The number of aromatic nitrogens is 1. The van der Waals surface area contributed by atoms with E-state index >= 15 is 0 Å². The summed E-state index contributed by atoms with van der Waals surface area (Å²) < 4.78 is 0. The van der Waals surface area contributed by atoms with Gasteiger partial charge in [0.15, 0.2) is 0 Å². The van der Waals surface area contributed by atoms with Crippen LogP contribution in [0, 0.1) is 0 Å². The van der Waals surface area contributed by atoms with E-state index in [4.69, 9.17) is 17.3 Å². The third-order valence-electron chi connectivity index (χ3n) is 5.86. The molecule has 3 heterocycles. The molecule has 8 heteroatoms. The van der Waals surface area contributed by atoms with Crippen LogP contribution in [0.3, 0.4) is 0 Å². The van der Waals surface area contributed by atoms with Crippen LogP contribution in [0.2, 0.25) is 5.02 Å². The monoisotopic (exact) mass is 436 g/mol. The molecule has 1 amide bonds. The summed E-state index contributed by atoms with van der Waals surface area (Å²) in [4.78, 5) is 27.6. The Morgan fingerprint density at radius 1 is 1.26 bits per heavy atom. The van der Waals surface area contributed by atoms with Gasteiger partial charge in [0.2, 0.25) is 0 Å². The number of halogens is 1. The quantitative estimate of drug-likeness (QED) is 0.719. The normalized spacial score (nSPS) is 18.5. The molecule has 2 aliphatic rings. The van der Waals surface area contributed by atoms with Crippen LogP contribution >= 0.6 is 11.6 Å². The number of amides is 1. The predicted molar refractivity (Wildman–Crippen MR) is 127 cm³/mol. The van der Waals surface area contributed by atoms with Gasteiger partial charge < -0.3 is 16.0 Å². The molecule has 3 N–H and O–H groups in total. The Morgan fingerprint density at radius 2 is 1.97 bits per heavy atom. The van der Waals surface area contributed by atoms with Crippen molar-refractivity contribution in [1.82, 2.24) is 10.3 Å². The number of amidine groups is 1. The van der Waals surface area contributed by atoms with Crippen LogP contribution in [-0.2, 0) is 4.79 Å². The van der Waals surface area contributed by atoms with Gasteiger partial charge in [-0.05, 0) is 30.9 Å². The topological polar surface area (TPSA) is 96.0 Å². The zero-order valence-corrected chi connectivity index (χ0v) is 18.4. The van der Waals surface area contributed by atoms with Crippen LogP contribution in [0.15, 0.2) is 52.8 Å². The van der Waals surface area contributed by atoms with Gasteiger partial charge in [0.05, 0.1) is 10.7 Å². The summed E-state index contributed by atoms with van der Waals surface area (Å²) in [5.41, 5.74) is 9.80. The van der Waals surface area contributed by atoms with Crippen LogP contribution in [0.1, 0.15) is 25.3 Å². The molecule has 0 radical (unpaired) electrons. The maximum atomic E-state index is 12.4. The Labute approximate surface area is 186 Å². The molecule has 2 aliphatic heterocycles. The maximum absolute atomic E-state index is 12.4. The van der Waals surface area contributed by atoms with Crippen molar-refractivity contribution < 1.29 is 4.79 Å². The zero-order chi connectivity index (χ0) is 22.0. The highest BCUT2D eigenvalue weighted by molar-refractivity contribution is 6.33. The van der Waals surface area contributed by atoms with Crippen LogP contribution in [0.25, 0.3) is 16.7 Å². The standard InChI is InChI=1S/C23H25ClN6O/c1-15-28-22(31)23(29-15)7-9-30(10-8-23)21-19(13-27-14-20(21)24)17-5-3-16(4-6-17)18(11-25)12-26-2/h3-6,11-14H,7-10,25H2,1-2H3,(H,28,29,31). The molecule has 0 bridgehead atoms. The second-order valence-electron chi connectivity index (χ2n) is 7.77. The van der Waals surface area contributed by atoms with Gasteiger partial charge in [-0.2, -0.15) is 0 Å². The number of allylic oxidation sites excluding steroid dienone is 1. The Morgan fingerprint density at radius 3 is 2.55 bits per heavy atom. The lowest BCUT2D eigenvalue weighted by Gasteiger charge is -2.38. The van der Waals surface area contributed by atoms with Crippen molar-refractivity contribution in [3.8, 4) is 11.1 Å².